The maximum Gasteiger partial charge on any atom is 0.249 e. The number of benzene rings is 1. The molecule has 0 saturated carbocycles. The predicted molar refractivity (Wildman–Crippen MR) is 61.4 cm³/mol. The van der Waals surface area contributed by atoms with Gasteiger partial charge in [-0.1, -0.05) is 12.1 Å². The Morgan fingerprint density at radius 2 is 2.31 bits per heavy atom. The molecule has 1 unspecified atom stereocenters. The first-order valence-electron chi connectivity index (χ1n) is 5.41. The van der Waals surface area contributed by atoms with Gasteiger partial charge in [-0.05, 0) is 25.5 Å². The molecule has 2 aliphatic rings. The molecule has 82 valence electrons. The number of hydrogen-bond donors (Lipinski definition) is 1. The zero-order valence-electron chi connectivity index (χ0n) is 9.32. The molecule has 1 saturated heterocycles. The van der Waals surface area contributed by atoms with Crippen molar-refractivity contribution in [2.24, 2.45) is 4.99 Å². The summed E-state index contributed by atoms with van der Waals surface area (Å²) in [4.78, 5) is 18.0. The molecule has 1 fully saturated rings. The normalized spacial score (nSPS) is 22.4. The molecule has 1 atom stereocenters. The third-order valence-electron chi connectivity index (χ3n) is 3.29. The quantitative estimate of drug-likeness (QED) is 0.709. The minimum Gasteiger partial charge on any atom is -0.326 e. The van der Waals surface area contributed by atoms with E-state index in [2.05, 4.69) is 23.3 Å². The summed E-state index contributed by atoms with van der Waals surface area (Å²) in [6.45, 7) is 4.75. The summed E-state index contributed by atoms with van der Waals surface area (Å²) >= 11 is 0. The molecule has 1 aromatic rings. The highest BCUT2D eigenvalue weighted by atomic mass is 16.2. The van der Waals surface area contributed by atoms with Crippen LogP contribution in [-0.2, 0) is 11.3 Å². The van der Waals surface area contributed by atoms with Crippen LogP contribution in [0.5, 0.6) is 0 Å². The van der Waals surface area contributed by atoms with Crippen molar-refractivity contribution < 1.29 is 4.79 Å². The molecule has 2 aliphatic heterocycles. The first-order chi connectivity index (χ1) is 7.66. The van der Waals surface area contributed by atoms with Crippen LogP contribution in [0.3, 0.4) is 0 Å². The summed E-state index contributed by atoms with van der Waals surface area (Å²) in [5.74, 6) is 0.722. The second-order valence-corrected chi connectivity index (χ2v) is 4.30. The van der Waals surface area contributed by atoms with Crippen LogP contribution >= 0.6 is 0 Å². The first kappa shape index (κ1) is 9.39. The van der Waals surface area contributed by atoms with Gasteiger partial charge in [0.2, 0.25) is 11.9 Å². The summed E-state index contributed by atoms with van der Waals surface area (Å²) < 4.78 is 0. The van der Waals surface area contributed by atoms with Gasteiger partial charge < -0.3 is 4.90 Å². The number of amides is 1. The molecule has 0 radical (unpaired) electrons. The number of hydrogen-bond acceptors (Lipinski definition) is 3. The van der Waals surface area contributed by atoms with Crippen molar-refractivity contribution in [2.45, 2.75) is 26.4 Å². The number of aryl methyl sites for hydroxylation is 1. The van der Waals surface area contributed by atoms with Gasteiger partial charge in [-0.2, -0.15) is 0 Å². The fourth-order valence-electron chi connectivity index (χ4n) is 2.20. The van der Waals surface area contributed by atoms with Crippen molar-refractivity contribution in [3.05, 3.63) is 29.3 Å². The summed E-state index contributed by atoms with van der Waals surface area (Å²) in [5, 5.41) is 2.80. The van der Waals surface area contributed by atoms with Crippen molar-refractivity contribution in [3.8, 4) is 0 Å². The van der Waals surface area contributed by atoms with E-state index in [4.69, 9.17) is 0 Å². The Hall–Kier alpha value is -1.84. The zero-order valence-corrected chi connectivity index (χ0v) is 9.32. The van der Waals surface area contributed by atoms with E-state index in [1.165, 1.54) is 11.1 Å². The molecule has 1 amide bonds. The monoisotopic (exact) mass is 215 g/mol. The number of nitrogens with zero attached hydrogens (tertiary/aromatic N) is 2. The van der Waals surface area contributed by atoms with Gasteiger partial charge in [0, 0.05) is 12.1 Å². The van der Waals surface area contributed by atoms with E-state index in [0.717, 1.165) is 12.2 Å². The van der Waals surface area contributed by atoms with Crippen molar-refractivity contribution >= 4 is 17.6 Å². The standard InChI is InChI=1S/C12H13N3O/c1-7-4-3-5-10-9(7)6-15-8(2)11(16)14-12(15)13-10/h3-5,8H,6H2,1-2H3,(H,13,14,16). The summed E-state index contributed by atoms with van der Waals surface area (Å²) in [6, 6.07) is 5.94. The molecular weight excluding hydrogens is 202 g/mol. The molecule has 0 bridgehead atoms. The van der Waals surface area contributed by atoms with Gasteiger partial charge in [-0.15, -0.1) is 0 Å². The molecule has 3 rings (SSSR count). The van der Waals surface area contributed by atoms with Crippen LogP contribution in [0.15, 0.2) is 23.2 Å². The third-order valence-corrected chi connectivity index (χ3v) is 3.29. The Bertz CT molecular complexity index is 507. The van der Waals surface area contributed by atoms with Gasteiger partial charge in [0.25, 0.3) is 0 Å². The summed E-state index contributed by atoms with van der Waals surface area (Å²) in [6.07, 6.45) is 0. The zero-order chi connectivity index (χ0) is 11.3. The van der Waals surface area contributed by atoms with Crippen LogP contribution < -0.4 is 5.32 Å². The van der Waals surface area contributed by atoms with Crippen LogP contribution in [0, 0.1) is 6.92 Å². The molecule has 1 aromatic carbocycles. The first-order valence-corrected chi connectivity index (χ1v) is 5.41. The van der Waals surface area contributed by atoms with Crippen LogP contribution in [0.25, 0.3) is 0 Å². The van der Waals surface area contributed by atoms with E-state index in [1.807, 2.05) is 24.0 Å². The van der Waals surface area contributed by atoms with Gasteiger partial charge in [0.15, 0.2) is 0 Å². The SMILES string of the molecule is Cc1cccc2c1CN1C(=N2)NC(=O)C1C. The number of carbonyl (C=O) groups is 1. The third kappa shape index (κ3) is 1.16. The lowest BCUT2D eigenvalue weighted by molar-refractivity contribution is -0.121. The Kier molecular flexibility index (Phi) is 1.80. The average molecular weight is 215 g/mol. The van der Waals surface area contributed by atoms with Gasteiger partial charge >= 0.3 is 0 Å². The van der Waals surface area contributed by atoms with Gasteiger partial charge in [0.05, 0.1) is 5.69 Å². The van der Waals surface area contributed by atoms with E-state index in [-0.39, 0.29) is 11.9 Å². The van der Waals surface area contributed by atoms with E-state index in [0.29, 0.717) is 5.96 Å². The molecule has 16 heavy (non-hydrogen) atoms. The van der Waals surface area contributed by atoms with E-state index < -0.39 is 0 Å². The highest BCUT2D eigenvalue weighted by molar-refractivity contribution is 6.07. The Morgan fingerprint density at radius 1 is 1.50 bits per heavy atom. The topological polar surface area (TPSA) is 44.7 Å². The molecule has 4 heteroatoms. The maximum absolute atomic E-state index is 11.5. The lowest BCUT2D eigenvalue weighted by Crippen LogP contribution is -2.35. The molecule has 4 nitrogen and oxygen atoms in total. The number of aliphatic imine (C=N–C) groups is 1. The van der Waals surface area contributed by atoms with Gasteiger partial charge in [0.1, 0.15) is 6.04 Å². The number of guanidine groups is 1. The smallest absolute Gasteiger partial charge is 0.249 e. The van der Waals surface area contributed by atoms with Crippen molar-refractivity contribution in [1.29, 1.82) is 0 Å². The van der Waals surface area contributed by atoms with Crippen molar-refractivity contribution in [3.63, 3.8) is 0 Å². The van der Waals surface area contributed by atoms with Crippen molar-refractivity contribution in [2.75, 3.05) is 0 Å². The predicted octanol–water partition coefficient (Wildman–Crippen LogP) is 1.32. The Balaban J connectivity index is 2.11. The molecular formula is C12H13N3O. The largest absolute Gasteiger partial charge is 0.326 e. The highest BCUT2D eigenvalue weighted by Crippen LogP contribution is 2.30. The lowest BCUT2D eigenvalue weighted by atomic mass is 10.0. The lowest BCUT2D eigenvalue weighted by Gasteiger charge is -2.27. The molecule has 0 spiro atoms. The maximum atomic E-state index is 11.5. The molecule has 0 aliphatic carbocycles. The minimum absolute atomic E-state index is 0.0317. The second kappa shape index (κ2) is 3.07. The number of carbonyl (C=O) groups excluding carboxylic acids is 1. The molecule has 2 heterocycles. The van der Waals surface area contributed by atoms with Gasteiger partial charge in [-0.3, -0.25) is 10.1 Å². The minimum atomic E-state index is -0.119. The summed E-state index contributed by atoms with van der Waals surface area (Å²) in [7, 11) is 0. The van der Waals surface area contributed by atoms with E-state index in [1.54, 1.807) is 0 Å². The highest BCUT2D eigenvalue weighted by Gasteiger charge is 2.36. The van der Waals surface area contributed by atoms with Crippen LogP contribution in [0.2, 0.25) is 0 Å². The second-order valence-electron chi connectivity index (χ2n) is 4.30. The Morgan fingerprint density at radius 3 is 3.12 bits per heavy atom. The fourth-order valence-corrected chi connectivity index (χ4v) is 2.20. The van der Waals surface area contributed by atoms with Gasteiger partial charge in [-0.25, -0.2) is 4.99 Å². The molecule has 0 aromatic heterocycles. The number of rotatable bonds is 0. The van der Waals surface area contributed by atoms with Crippen molar-refractivity contribution in [1.82, 2.24) is 10.2 Å². The van der Waals surface area contributed by atoms with Crippen LogP contribution in [0.1, 0.15) is 18.1 Å². The fraction of sp³-hybridized carbons (Fsp3) is 0.333. The van der Waals surface area contributed by atoms with Crippen LogP contribution in [0.4, 0.5) is 5.69 Å². The van der Waals surface area contributed by atoms with E-state index in [9.17, 15) is 4.79 Å². The van der Waals surface area contributed by atoms with Crippen LogP contribution in [-0.4, -0.2) is 22.8 Å². The summed E-state index contributed by atoms with van der Waals surface area (Å²) in [5.41, 5.74) is 3.42. The number of fused-ring (bicyclic) bond motifs is 2. The molecule has 1 N–H and O–H groups in total. The Labute approximate surface area is 94.0 Å². The van der Waals surface area contributed by atoms with E-state index >= 15 is 0 Å². The number of nitrogens with one attached hydrogen (secondary N) is 1. The average Bonchev–Trinajstić information content (AvgIpc) is 2.53.